The van der Waals surface area contributed by atoms with Crippen LogP contribution in [0, 0.1) is 12.8 Å². The molecule has 0 spiro atoms. The normalized spacial score (nSPS) is 13.2. The van der Waals surface area contributed by atoms with Gasteiger partial charge in [0.15, 0.2) is 0 Å². The monoisotopic (exact) mass is 215 g/mol. The number of nitrogens with zero attached hydrogens (tertiary/aromatic N) is 2. The Labute approximate surface area is 88.7 Å². The van der Waals surface area contributed by atoms with Crippen LogP contribution in [0.2, 0.25) is 0 Å². The highest BCUT2D eigenvalue weighted by atomic mass is 32.1. The predicted octanol–water partition coefficient (Wildman–Crippen LogP) is 1.93. The first-order valence-electron chi connectivity index (χ1n) is 4.69. The topological polar surface area (TPSA) is 47.0 Å². The quantitative estimate of drug-likeness (QED) is 0.815. The number of aromatic nitrogens is 2. The van der Waals surface area contributed by atoms with Crippen LogP contribution in [-0.4, -0.2) is 30.0 Å². The van der Waals surface area contributed by atoms with E-state index in [0.29, 0.717) is 18.6 Å². The maximum Gasteiger partial charge on any atom is 0.205 e. The van der Waals surface area contributed by atoms with Gasteiger partial charge in [-0.05, 0) is 12.8 Å². The van der Waals surface area contributed by atoms with Crippen LogP contribution >= 0.6 is 11.3 Å². The molecule has 0 aliphatic carbocycles. The summed E-state index contributed by atoms with van der Waals surface area (Å²) in [7, 11) is 1.71. The number of ether oxygens (including phenoxy) is 1. The van der Waals surface area contributed by atoms with E-state index in [2.05, 4.69) is 29.4 Å². The summed E-state index contributed by atoms with van der Waals surface area (Å²) < 4.78 is 5.14. The molecule has 1 atom stereocenters. The van der Waals surface area contributed by atoms with Gasteiger partial charge in [-0.3, -0.25) is 0 Å². The maximum atomic E-state index is 5.14. The molecule has 80 valence electrons. The largest absolute Gasteiger partial charge is 0.383 e. The fourth-order valence-electron chi connectivity index (χ4n) is 1.09. The van der Waals surface area contributed by atoms with Crippen LogP contribution in [0.1, 0.15) is 18.9 Å². The Morgan fingerprint density at radius 3 is 2.57 bits per heavy atom. The summed E-state index contributed by atoms with van der Waals surface area (Å²) in [5, 5.41) is 13.1. The lowest BCUT2D eigenvalue weighted by Crippen LogP contribution is -2.30. The lowest BCUT2D eigenvalue weighted by molar-refractivity contribution is 0.171. The number of rotatable bonds is 5. The highest BCUT2D eigenvalue weighted by Crippen LogP contribution is 2.17. The van der Waals surface area contributed by atoms with E-state index >= 15 is 0 Å². The van der Waals surface area contributed by atoms with Crippen molar-refractivity contribution in [1.82, 2.24) is 10.2 Å². The van der Waals surface area contributed by atoms with E-state index in [-0.39, 0.29) is 0 Å². The van der Waals surface area contributed by atoms with Gasteiger partial charge in [-0.2, -0.15) is 0 Å². The van der Waals surface area contributed by atoms with Gasteiger partial charge in [-0.1, -0.05) is 25.2 Å². The zero-order valence-corrected chi connectivity index (χ0v) is 9.89. The number of anilines is 1. The Hall–Kier alpha value is -0.680. The first kappa shape index (κ1) is 11.4. The Kier molecular flexibility index (Phi) is 4.28. The van der Waals surface area contributed by atoms with E-state index in [1.807, 2.05) is 6.92 Å². The Morgan fingerprint density at radius 1 is 1.43 bits per heavy atom. The van der Waals surface area contributed by atoms with Crippen LogP contribution in [0.25, 0.3) is 0 Å². The molecule has 0 saturated carbocycles. The molecule has 14 heavy (non-hydrogen) atoms. The lowest BCUT2D eigenvalue weighted by Gasteiger charge is -2.20. The molecule has 0 saturated heterocycles. The molecule has 0 amide bonds. The molecule has 1 heterocycles. The smallest absolute Gasteiger partial charge is 0.205 e. The van der Waals surface area contributed by atoms with Crippen molar-refractivity contribution in [2.75, 3.05) is 19.0 Å². The Balaban J connectivity index is 2.55. The number of methoxy groups -OCH3 is 1. The number of aryl methyl sites for hydroxylation is 1. The average molecular weight is 215 g/mol. The second kappa shape index (κ2) is 5.26. The summed E-state index contributed by atoms with van der Waals surface area (Å²) in [5.41, 5.74) is 0. The molecule has 0 aliphatic rings. The standard InChI is InChI=1S/C9H17N3OS/c1-6(2)8(5-13-4)10-9-12-11-7(3)14-9/h6,8H,5H2,1-4H3,(H,10,12). The van der Waals surface area contributed by atoms with Crippen molar-refractivity contribution in [3.63, 3.8) is 0 Å². The summed E-state index contributed by atoms with van der Waals surface area (Å²) >= 11 is 1.57. The van der Waals surface area contributed by atoms with Gasteiger partial charge in [0.25, 0.3) is 0 Å². The third-order valence-corrected chi connectivity index (χ3v) is 2.76. The van der Waals surface area contributed by atoms with Crippen molar-refractivity contribution in [2.45, 2.75) is 26.8 Å². The number of hydrogen-bond acceptors (Lipinski definition) is 5. The fraction of sp³-hybridized carbons (Fsp3) is 0.778. The average Bonchev–Trinajstić information content (AvgIpc) is 2.50. The molecule has 0 bridgehead atoms. The van der Waals surface area contributed by atoms with E-state index in [1.165, 1.54) is 0 Å². The molecule has 0 fully saturated rings. The van der Waals surface area contributed by atoms with Crippen molar-refractivity contribution >= 4 is 16.5 Å². The minimum atomic E-state index is 0.298. The van der Waals surface area contributed by atoms with Crippen LogP contribution in [-0.2, 0) is 4.74 Å². The van der Waals surface area contributed by atoms with E-state index in [9.17, 15) is 0 Å². The van der Waals surface area contributed by atoms with Gasteiger partial charge >= 0.3 is 0 Å². The van der Waals surface area contributed by atoms with Crippen LogP contribution < -0.4 is 5.32 Å². The van der Waals surface area contributed by atoms with Crippen molar-refractivity contribution in [2.24, 2.45) is 5.92 Å². The van der Waals surface area contributed by atoms with Crippen molar-refractivity contribution < 1.29 is 4.74 Å². The first-order chi connectivity index (χ1) is 6.63. The molecule has 4 nitrogen and oxygen atoms in total. The molecule has 5 heteroatoms. The number of nitrogens with one attached hydrogen (secondary N) is 1. The number of hydrogen-bond donors (Lipinski definition) is 1. The second-order valence-corrected chi connectivity index (χ2v) is 4.76. The molecule has 0 radical (unpaired) electrons. The second-order valence-electron chi connectivity index (χ2n) is 3.58. The van der Waals surface area contributed by atoms with Crippen LogP contribution in [0.15, 0.2) is 0 Å². The minimum absolute atomic E-state index is 0.298. The van der Waals surface area contributed by atoms with E-state index < -0.39 is 0 Å². The van der Waals surface area contributed by atoms with Gasteiger partial charge in [0.05, 0.1) is 12.6 Å². The summed E-state index contributed by atoms with van der Waals surface area (Å²) in [6.45, 7) is 6.95. The lowest BCUT2D eigenvalue weighted by atomic mass is 10.1. The van der Waals surface area contributed by atoms with E-state index in [4.69, 9.17) is 4.74 Å². The van der Waals surface area contributed by atoms with Crippen LogP contribution in [0.3, 0.4) is 0 Å². The third-order valence-electron chi connectivity index (χ3n) is 1.99. The van der Waals surface area contributed by atoms with Gasteiger partial charge in [-0.15, -0.1) is 10.2 Å². The summed E-state index contributed by atoms with van der Waals surface area (Å²) in [6, 6.07) is 0.298. The Bertz CT molecular complexity index is 275. The summed E-state index contributed by atoms with van der Waals surface area (Å²) in [4.78, 5) is 0. The minimum Gasteiger partial charge on any atom is -0.383 e. The SMILES string of the molecule is COCC(Nc1nnc(C)s1)C(C)C. The first-order valence-corrected chi connectivity index (χ1v) is 5.50. The molecule has 1 aromatic rings. The van der Waals surface area contributed by atoms with Gasteiger partial charge < -0.3 is 10.1 Å². The molecule has 0 aromatic carbocycles. The maximum absolute atomic E-state index is 5.14. The highest BCUT2D eigenvalue weighted by molar-refractivity contribution is 7.15. The molecular weight excluding hydrogens is 198 g/mol. The molecular formula is C9H17N3OS. The zero-order chi connectivity index (χ0) is 10.6. The molecule has 1 N–H and O–H groups in total. The summed E-state index contributed by atoms with van der Waals surface area (Å²) in [5.74, 6) is 0.513. The van der Waals surface area contributed by atoms with Gasteiger partial charge in [0, 0.05) is 7.11 Å². The van der Waals surface area contributed by atoms with Crippen LogP contribution in [0.4, 0.5) is 5.13 Å². The van der Waals surface area contributed by atoms with E-state index in [0.717, 1.165) is 10.1 Å². The fourth-order valence-corrected chi connectivity index (χ4v) is 1.75. The van der Waals surface area contributed by atoms with E-state index in [1.54, 1.807) is 18.4 Å². The van der Waals surface area contributed by atoms with Crippen molar-refractivity contribution in [3.05, 3.63) is 5.01 Å². The third kappa shape index (κ3) is 3.23. The molecule has 0 aliphatic heterocycles. The van der Waals surface area contributed by atoms with Crippen LogP contribution in [0.5, 0.6) is 0 Å². The Morgan fingerprint density at radius 2 is 2.14 bits per heavy atom. The molecule has 1 aromatic heterocycles. The highest BCUT2D eigenvalue weighted by Gasteiger charge is 2.14. The van der Waals surface area contributed by atoms with Crippen molar-refractivity contribution in [1.29, 1.82) is 0 Å². The van der Waals surface area contributed by atoms with Gasteiger partial charge in [-0.25, -0.2) is 0 Å². The molecule has 1 unspecified atom stereocenters. The van der Waals surface area contributed by atoms with Crippen molar-refractivity contribution in [3.8, 4) is 0 Å². The van der Waals surface area contributed by atoms with Gasteiger partial charge in [0.1, 0.15) is 5.01 Å². The summed E-state index contributed by atoms with van der Waals surface area (Å²) in [6.07, 6.45) is 0. The predicted molar refractivity (Wildman–Crippen MR) is 58.8 cm³/mol. The van der Waals surface area contributed by atoms with Gasteiger partial charge in [0.2, 0.25) is 5.13 Å². The molecule has 1 rings (SSSR count). The zero-order valence-electron chi connectivity index (χ0n) is 9.07.